The van der Waals surface area contributed by atoms with Gasteiger partial charge in [0.1, 0.15) is 11.9 Å². The number of carbonyl (C=O) groups excluding carboxylic acids is 2. The monoisotopic (exact) mass is 500 g/mol. The molecule has 0 amide bonds. The number of hydrogen-bond donors (Lipinski definition) is 0. The van der Waals surface area contributed by atoms with Crippen molar-refractivity contribution >= 4 is 18.0 Å². The molecule has 7 nitrogen and oxygen atoms in total. The molecule has 2 heterocycles. The third kappa shape index (κ3) is 9.43. The molecule has 0 saturated carbocycles. The van der Waals surface area contributed by atoms with Gasteiger partial charge in [-0.15, -0.1) is 0 Å². The van der Waals surface area contributed by atoms with Crippen molar-refractivity contribution in [2.24, 2.45) is 5.92 Å². The second-order valence-electron chi connectivity index (χ2n) is 9.50. The maximum Gasteiger partial charge on any atom is 0.331 e. The maximum absolute atomic E-state index is 12.2. The zero-order valence-corrected chi connectivity index (χ0v) is 21.4. The molecule has 0 aliphatic carbocycles. The van der Waals surface area contributed by atoms with Gasteiger partial charge < -0.3 is 23.7 Å². The van der Waals surface area contributed by atoms with E-state index in [0.717, 1.165) is 37.0 Å². The number of ether oxygens (including phenoxy) is 5. The second kappa shape index (κ2) is 15.5. The van der Waals surface area contributed by atoms with Crippen molar-refractivity contribution in [2.75, 3.05) is 26.4 Å². The number of hydrogen-bond acceptors (Lipinski definition) is 7. The normalized spacial score (nSPS) is 22.9. The lowest BCUT2D eigenvalue weighted by Crippen LogP contribution is -2.32. The van der Waals surface area contributed by atoms with Crippen LogP contribution in [0.2, 0.25) is 0 Å². The summed E-state index contributed by atoms with van der Waals surface area (Å²) in [6.45, 7) is 7.68. The molecule has 198 valence electrons. The highest BCUT2D eigenvalue weighted by Gasteiger charge is 2.47. The van der Waals surface area contributed by atoms with E-state index in [2.05, 4.69) is 13.5 Å². The van der Waals surface area contributed by atoms with Crippen LogP contribution in [-0.4, -0.2) is 56.7 Å². The molecule has 4 atom stereocenters. The summed E-state index contributed by atoms with van der Waals surface area (Å²) in [5.74, 6) is 0.430. The zero-order valence-electron chi connectivity index (χ0n) is 21.4. The van der Waals surface area contributed by atoms with Crippen LogP contribution in [0.3, 0.4) is 0 Å². The molecule has 1 aromatic rings. The van der Waals surface area contributed by atoms with E-state index < -0.39 is 0 Å². The largest absolute Gasteiger partial charge is 0.494 e. The third-order valence-electron chi connectivity index (χ3n) is 6.53. The molecule has 2 saturated heterocycles. The van der Waals surface area contributed by atoms with E-state index >= 15 is 0 Å². The predicted molar refractivity (Wildman–Crippen MR) is 138 cm³/mol. The minimum atomic E-state index is -0.387. The van der Waals surface area contributed by atoms with Gasteiger partial charge in [0.25, 0.3) is 0 Å². The summed E-state index contributed by atoms with van der Waals surface area (Å²) in [6.07, 6.45) is 12.9. The lowest BCUT2D eigenvalue weighted by atomic mass is 10.0. The van der Waals surface area contributed by atoms with Crippen molar-refractivity contribution in [1.29, 1.82) is 0 Å². The Morgan fingerprint density at radius 2 is 1.53 bits per heavy atom. The summed E-state index contributed by atoms with van der Waals surface area (Å²) in [7, 11) is 0. The Labute approximate surface area is 214 Å². The van der Waals surface area contributed by atoms with E-state index in [-0.39, 0.29) is 30.3 Å². The van der Waals surface area contributed by atoms with Gasteiger partial charge in [-0.05, 0) is 36.6 Å². The van der Waals surface area contributed by atoms with E-state index in [1.165, 1.54) is 37.8 Å². The minimum Gasteiger partial charge on any atom is -0.494 e. The SMILES string of the molecule is C=CC(=O)OCCCCCCCCCCOc1ccc(/C=C/C(=O)O[C@@H]2CO[C@H]3[C@@H]2OC[C@H]3C)cc1. The average Bonchev–Trinajstić information content (AvgIpc) is 3.46. The molecule has 2 fully saturated rings. The molecule has 7 heteroatoms. The van der Waals surface area contributed by atoms with Gasteiger partial charge in [0.05, 0.1) is 32.5 Å². The Balaban J connectivity index is 1.20. The van der Waals surface area contributed by atoms with Crippen molar-refractivity contribution in [3.8, 4) is 5.75 Å². The van der Waals surface area contributed by atoms with Crippen LogP contribution in [0.15, 0.2) is 43.0 Å². The van der Waals surface area contributed by atoms with Gasteiger partial charge in [-0.1, -0.05) is 64.2 Å². The summed E-state index contributed by atoms with van der Waals surface area (Å²) >= 11 is 0. The second-order valence-corrected chi connectivity index (χ2v) is 9.50. The van der Waals surface area contributed by atoms with Crippen LogP contribution in [0.5, 0.6) is 5.75 Å². The van der Waals surface area contributed by atoms with Crippen molar-refractivity contribution < 1.29 is 33.3 Å². The van der Waals surface area contributed by atoms with Gasteiger partial charge in [-0.2, -0.15) is 0 Å². The molecule has 0 radical (unpaired) electrons. The van der Waals surface area contributed by atoms with Gasteiger partial charge in [-0.25, -0.2) is 9.59 Å². The fourth-order valence-electron chi connectivity index (χ4n) is 4.47. The first-order chi connectivity index (χ1) is 17.6. The van der Waals surface area contributed by atoms with Crippen LogP contribution < -0.4 is 4.74 Å². The molecule has 0 spiro atoms. The fourth-order valence-corrected chi connectivity index (χ4v) is 4.47. The number of esters is 2. The molecule has 0 aromatic heterocycles. The van der Waals surface area contributed by atoms with Crippen LogP contribution in [0.25, 0.3) is 6.08 Å². The molecule has 0 bridgehead atoms. The molecule has 1 aromatic carbocycles. The van der Waals surface area contributed by atoms with Gasteiger partial charge >= 0.3 is 11.9 Å². The molecule has 36 heavy (non-hydrogen) atoms. The third-order valence-corrected chi connectivity index (χ3v) is 6.53. The topological polar surface area (TPSA) is 80.3 Å². The first-order valence-electron chi connectivity index (χ1n) is 13.2. The highest BCUT2D eigenvalue weighted by Crippen LogP contribution is 2.32. The number of fused-ring (bicyclic) bond motifs is 1. The Morgan fingerprint density at radius 3 is 2.22 bits per heavy atom. The number of carbonyl (C=O) groups is 2. The van der Waals surface area contributed by atoms with E-state index in [9.17, 15) is 9.59 Å². The van der Waals surface area contributed by atoms with Crippen molar-refractivity contribution in [3.05, 3.63) is 48.6 Å². The predicted octanol–water partition coefficient (Wildman–Crippen LogP) is 5.27. The quantitative estimate of drug-likeness (QED) is 0.174. The van der Waals surface area contributed by atoms with Crippen molar-refractivity contribution in [1.82, 2.24) is 0 Å². The van der Waals surface area contributed by atoms with E-state index in [4.69, 9.17) is 23.7 Å². The molecular formula is C29H40O7. The molecule has 0 N–H and O–H groups in total. The van der Waals surface area contributed by atoms with E-state index in [1.807, 2.05) is 24.3 Å². The molecular weight excluding hydrogens is 460 g/mol. The Bertz CT molecular complexity index is 848. The lowest BCUT2D eigenvalue weighted by Gasteiger charge is -2.15. The van der Waals surface area contributed by atoms with Crippen LogP contribution >= 0.6 is 0 Å². The number of rotatable bonds is 16. The molecule has 3 rings (SSSR count). The van der Waals surface area contributed by atoms with Crippen LogP contribution in [0.1, 0.15) is 63.9 Å². The average molecular weight is 501 g/mol. The van der Waals surface area contributed by atoms with Crippen LogP contribution in [0.4, 0.5) is 0 Å². The highest BCUT2D eigenvalue weighted by molar-refractivity contribution is 5.87. The van der Waals surface area contributed by atoms with E-state index in [1.54, 1.807) is 6.08 Å². The summed E-state index contributed by atoms with van der Waals surface area (Å²) in [6, 6.07) is 7.68. The van der Waals surface area contributed by atoms with Crippen LogP contribution in [0, 0.1) is 5.92 Å². The number of unbranched alkanes of at least 4 members (excludes halogenated alkanes) is 7. The Morgan fingerprint density at radius 1 is 0.889 bits per heavy atom. The molecule has 2 aliphatic rings. The van der Waals surface area contributed by atoms with Gasteiger partial charge in [0, 0.05) is 18.1 Å². The summed E-state index contributed by atoms with van der Waals surface area (Å²) < 4.78 is 27.8. The summed E-state index contributed by atoms with van der Waals surface area (Å²) in [5, 5.41) is 0. The maximum atomic E-state index is 12.2. The molecule has 0 unspecified atom stereocenters. The fraction of sp³-hybridized carbons (Fsp3) is 0.586. The van der Waals surface area contributed by atoms with E-state index in [0.29, 0.717) is 32.3 Å². The Hall–Kier alpha value is -2.64. The minimum absolute atomic E-state index is 0.0255. The number of benzene rings is 1. The van der Waals surface area contributed by atoms with Gasteiger partial charge in [0.2, 0.25) is 0 Å². The lowest BCUT2D eigenvalue weighted by molar-refractivity contribution is -0.147. The summed E-state index contributed by atoms with van der Waals surface area (Å²) in [5.41, 5.74) is 0.907. The van der Waals surface area contributed by atoms with Crippen molar-refractivity contribution in [2.45, 2.75) is 76.6 Å². The smallest absolute Gasteiger partial charge is 0.331 e. The summed E-state index contributed by atoms with van der Waals surface area (Å²) in [4.78, 5) is 23.1. The van der Waals surface area contributed by atoms with Crippen molar-refractivity contribution in [3.63, 3.8) is 0 Å². The van der Waals surface area contributed by atoms with Gasteiger partial charge in [-0.3, -0.25) is 0 Å². The first-order valence-corrected chi connectivity index (χ1v) is 13.2. The highest BCUT2D eigenvalue weighted by atomic mass is 16.6. The Kier molecular flexibility index (Phi) is 12.0. The molecule has 2 aliphatic heterocycles. The van der Waals surface area contributed by atoms with Crippen LogP contribution in [-0.2, 0) is 28.5 Å². The standard InChI is InChI=1S/C29H40O7/c1-3-26(30)33-19-11-9-7-5-4-6-8-10-18-32-24-15-12-23(13-16-24)14-17-27(31)36-25-21-35-28-22(2)20-34-29(25)28/h3,12-17,22,25,28-29H,1,4-11,18-21H2,2H3/b17-14+/t22-,25-,28-,29-/m1/s1. The van der Waals surface area contributed by atoms with Gasteiger partial charge in [0.15, 0.2) is 6.10 Å². The first kappa shape index (κ1) is 27.9. The zero-order chi connectivity index (χ0) is 25.6.